The van der Waals surface area contributed by atoms with E-state index in [9.17, 15) is 14.4 Å². The van der Waals surface area contributed by atoms with E-state index in [0.717, 1.165) is 11.1 Å². The molecule has 3 rings (SSSR count). The molecule has 1 heterocycles. The lowest BCUT2D eigenvalue weighted by Gasteiger charge is -2.25. The molecule has 0 aromatic heterocycles. The summed E-state index contributed by atoms with van der Waals surface area (Å²) in [7, 11) is 0. The number of carbonyl (C=O) groups is 3. The SMILES string of the molecule is CC[C@]1(c2ccccc2)NC(=O)N(Cc2ccc(C(N)=O)cc2)C1=O. The molecule has 25 heavy (non-hydrogen) atoms. The Balaban J connectivity index is 1.87. The first-order valence-electron chi connectivity index (χ1n) is 8.06. The number of nitrogens with one attached hydrogen (secondary N) is 1. The second kappa shape index (κ2) is 6.39. The van der Waals surface area contributed by atoms with Gasteiger partial charge in [-0.25, -0.2) is 4.79 Å². The molecule has 0 radical (unpaired) electrons. The van der Waals surface area contributed by atoms with Gasteiger partial charge in [-0.3, -0.25) is 14.5 Å². The van der Waals surface area contributed by atoms with Crippen LogP contribution in [0.25, 0.3) is 0 Å². The third-order valence-electron chi connectivity index (χ3n) is 4.55. The Bertz CT molecular complexity index is 818. The summed E-state index contributed by atoms with van der Waals surface area (Å²) in [5, 5.41) is 2.85. The molecule has 0 aliphatic carbocycles. The number of rotatable bonds is 5. The molecule has 1 aliphatic heterocycles. The summed E-state index contributed by atoms with van der Waals surface area (Å²) in [6, 6.07) is 15.4. The van der Waals surface area contributed by atoms with E-state index >= 15 is 0 Å². The molecule has 0 saturated carbocycles. The highest BCUT2D eigenvalue weighted by Crippen LogP contribution is 2.33. The van der Waals surface area contributed by atoms with Crippen molar-refractivity contribution < 1.29 is 14.4 Å². The fraction of sp³-hybridized carbons (Fsp3) is 0.211. The standard InChI is InChI=1S/C19H19N3O3/c1-2-19(15-6-4-3-5-7-15)17(24)22(18(25)21-19)12-13-8-10-14(11-9-13)16(20)23/h3-11H,2,12H2,1H3,(H2,20,23)(H,21,25)/t19-/m1/s1. The van der Waals surface area contributed by atoms with Gasteiger partial charge < -0.3 is 11.1 Å². The first-order valence-corrected chi connectivity index (χ1v) is 8.06. The molecule has 0 unspecified atom stereocenters. The quantitative estimate of drug-likeness (QED) is 0.819. The smallest absolute Gasteiger partial charge is 0.325 e. The van der Waals surface area contributed by atoms with Crippen LogP contribution < -0.4 is 11.1 Å². The van der Waals surface area contributed by atoms with Crippen molar-refractivity contribution in [2.24, 2.45) is 5.73 Å². The second-order valence-corrected chi connectivity index (χ2v) is 6.01. The largest absolute Gasteiger partial charge is 0.366 e. The van der Waals surface area contributed by atoms with Crippen molar-refractivity contribution in [3.63, 3.8) is 0 Å². The van der Waals surface area contributed by atoms with Crippen LogP contribution in [0.5, 0.6) is 0 Å². The van der Waals surface area contributed by atoms with Crippen molar-refractivity contribution in [1.29, 1.82) is 0 Å². The third kappa shape index (κ3) is 2.87. The fourth-order valence-electron chi connectivity index (χ4n) is 3.09. The van der Waals surface area contributed by atoms with Gasteiger partial charge in [0.25, 0.3) is 5.91 Å². The average molecular weight is 337 g/mol. The van der Waals surface area contributed by atoms with E-state index in [4.69, 9.17) is 5.73 Å². The number of imide groups is 1. The Labute approximate surface area is 145 Å². The van der Waals surface area contributed by atoms with Gasteiger partial charge in [0, 0.05) is 5.56 Å². The van der Waals surface area contributed by atoms with Crippen LogP contribution in [0.4, 0.5) is 4.79 Å². The zero-order valence-corrected chi connectivity index (χ0v) is 13.9. The minimum absolute atomic E-state index is 0.137. The Kier molecular flexibility index (Phi) is 4.27. The Hall–Kier alpha value is -3.15. The number of nitrogens with zero attached hydrogens (tertiary/aromatic N) is 1. The van der Waals surface area contributed by atoms with E-state index < -0.39 is 17.5 Å². The van der Waals surface area contributed by atoms with Gasteiger partial charge in [0.1, 0.15) is 5.54 Å². The van der Waals surface area contributed by atoms with Crippen molar-refractivity contribution >= 4 is 17.8 Å². The van der Waals surface area contributed by atoms with Crippen LogP contribution in [-0.4, -0.2) is 22.7 Å². The predicted octanol–water partition coefficient (Wildman–Crippen LogP) is 2.14. The number of carbonyl (C=O) groups excluding carboxylic acids is 3. The number of hydrogen-bond acceptors (Lipinski definition) is 3. The van der Waals surface area contributed by atoms with E-state index in [0.29, 0.717) is 12.0 Å². The van der Waals surface area contributed by atoms with E-state index in [1.165, 1.54) is 4.90 Å². The van der Waals surface area contributed by atoms with Crippen molar-refractivity contribution in [2.75, 3.05) is 0 Å². The lowest BCUT2D eigenvalue weighted by molar-refractivity contribution is -0.132. The number of urea groups is 1. The normalized spacial score (nSPS) is 19.8. The molecule has 0 spiro atoms. The van der Waals surface area contributed by atoms with Crippen LogP contribution in [0.2, 0.25) is 0 Å². The summed E-state index contributed by atoms with van der Waals surface area (Å²) < 4.78 is 0. The monoisotopic (exact) mass is 337 g/mol. The highest BCUT2D eigenvalue weighted by Gasteiger charge is 2.50. The van der Waals surface area contributed by atoms with E-state index in [1.807, 2.05) is 37.3 Å². The van der Waals surface area contributed by atoms with Crippen LogP contribution in [0.15, 0.2) is 54.6 Å². The topological polar surface area (TPSA) is 92.5 Å². The molecule has 1 fully saturated rings. The summed E-state index contributed by atoms with van der Waals surface area (Å²) in [5.74, 6) is -0.791. The van der Waals surface area contributed by atoms with Gasteiger partial charge >= 0.3 is 6.03 Å². The Morgan fingerprint density at radius 1 is 1.08 bits per heavy atom. The molecule has 6 nitrogen and oxygen atoms in total. The zero-order valence-electron chi connectivity index (χ0n) is 13.9. The summed E-state index contributed by atoms with van der Waals surface area (Å²) in [6.07, 6.45) is 0.457. The molecule has 4 amide bonds. The number of primary amides is 1. The van der Waals surface area contributed by atoms with Crippen LogP contribution in [0.3, 0.4) is 0 Å². The van der Waals surface area contributed by atoms with E-state index in [-0.39, 0.29) is 12.5 Å². The summed E-state index contributed by atoms with van der Waals surface area (Å²) >= 11 is 0. The maximum Gasteiger partial charge on any atom is 0.325 e. The zero-order chi connectivity index (χ0) is 18.0. The van der Waals surface area contributed by atoms with Crippen LogP contribution in [-0.2, 0) is 16.9 Å². The van der Waals surface area contributed by atoms with Crippen molar-refractivity contribution in [3.05, 3.63) is 71.3 Å². The molecule has 1 atom stereocenters. The van der Waals surface area contributed by atoms with Crippen LogP contribution in [0.1, 0.15) is 34.8 Å². The van der Waals surface area contributed by atoms with Crippen molar-refractivity contribution in [1.82, 2.24) is 10.2 Å². The van der Waals surface area contributed by atoms with Gasteiger partial charge in [-0.2, -0.15) is 0 Å². The maximum absolute atomic E-state index is 13.0. The summed E-state index contributed by atoms with van der Waals surface area (Å²) in [5.41, 5.74) is 6.08. The molecule has 2 aromatic carbocycles. The highest BCUT2D eigenvalue weighted by atomic mass is 16.2. The minimum atomic E-state index is -1.04. The molecular weight excluding hydrogens is 318 g/mol. The van der Waals surface area contributed by atoms with Gasteiger partial charge in [0.15, 0.2) is 0 Å². The number of amides is 4. The molecule has 3 N–H and O–H groups in total. The van der Waals surface area contributed by atoms with Crippen LogP contribution >= 0.6 is 0 Å². The number of nitrogens with two attached hydrogens (primary N) is 1. The molecule has 128 valence electrons. The molecule has 6 heteroatoms. The average Bonchev–Trinajstić information content (AvgIpc) is 2.88. The van der Waals surface area contributed by atoms with E-state index in [2.05, 4.69) is 5.32 Å². The summed E-state index contributed by atoms with van der Waals surface area (Å²) in [4.78, 5) is 37.8. The van der Waals surface area contributed by atoms with Crippen molar-refractivity contribution in [2.45, 2.75) is 25.4 Å². The maximum atomic E-state index is 13.0. The first-order chi connectivity index (χ1) is 12.0. The second-order valence-electron chi connectivity index (χ2n) is 6.01. The molecular formula is C19H19N3O3. The highest BCUT2D eigenvalue weighted by molar-refractivity contribution is 6.07. The fourth-order valence-corrected chi connectivity index (χ4v) is 3.09. The lowest BCUT2D eigenvalue weighted by atomic mass is 9.87. The molecule has 0 bridgehead atoms. The lowest BCUT2D eigenvalue weighted by Crippen LogP contribution is -2.43. The Morgan fingerprint density at radius 3 is 2.28 bits per heavy atom. The Morgan fingerprint density at radius 2 is 1.72 bits per heavy atom. The van der Waals surface area contributed by atoms with E-state index in [1.54, 1.807) is 24.3 Å². The number of benzene rings is 2. The van der Waals surface area contributed by atoms with Gasteiger partial charge in [-0.15, -0.1) is 0 Å². The predicted molar refractivity (Wildman–Crippen MR) is 92.5 cm³/mol. The van der Waals surface area contributed by atoms with Gasteiger partial charge in [-0.1, -0.05) is 49.4 Å². The van der Waals surface area contributed by atoms with Crippen LogP contribution in [0, 0.1) is 0 Å². The third-order valence-corrected chi connectivity index (χ3v) is 4.55. The van der Waals surface area contributed by atoms with Crippen molar-refractivity contribution in [3.8, 4) is 0 Å². The molecule has 1 saturated heterocycles. The van der Waals surface area contributed by atoms with Gasteiger partial charge in [-0.05, 0) is 29.7 Å². The molecule has 2 aromatic rings. The van der Waals surface area contributed by atoms with Gasteiger partial charge in [0.2, 0.25) is 5.91 Å². The number of hydrogen-bond donors (Lipinski definition) is 2. The minimum Gasteiger partial charge on any atom is -0.366 e. The molecule has 1 aliphatic rings. The first kappa shape index (κ1) is 16.7. The summed E-state index contributed by atoms with van der Waals surface area (Å²) in [6.45, 7) is 2.01. The van der Waals surface area contributed by atoms with Gasteiger partial charge in [0.05, 0.1) is 6.54 Å².